The highest BCUT2D eigenvalue weighted by Gasteiger charge is 2.21. The first-order chi connectivity index (χ1) is 7.86. The minimum atomic E-state index is 0.820. The van der Waals surface area contributed by atoms with E-state index in [4.69, 9.17) is 0 Å². The number of rotatable bonds is 2. The maximum absolute atomic E-state index is 3.48. The van der Waals surface area contributed by atoms with Gasteiger partial charge in [-0.1, -0.05) is 6.42 Å². The molecule has 1 N–H and O–H groups in total. The maximum atomic E-state index is 3.48. The van der Waals surface area contributed by atoms with Gasteiger partial charge in [-0.05, 0) is 65.5 Å². The quantitative estimate of drug-likeness (QED) is 0.761. The third-order valence-corrected chi connectivity index (χ3v) is 4.05. The Kier molecular flexibility index (Phi) is 5.07. The van der Waals surface area contributed by atoms with Crippen LogP contribution in [0.15, 0.2) is 0 Å². The summed E-state index contributed by atoms with van der Waals surface area (Å²) in [4.78, 5) is 5.26. The largest absolute Gasteiger partial charge is 0.317 e. The molecule has 2 heterocycles. The van der Waals surface area contributed by atoms with Crippen molar-refractivity contribution in [3.63, 3.8) is 0 Å². The predicted octanol–water partition coefficient (Wildman–Crippen LogP) is 1.16. The molecular weight excluding hydrogens is 198 g/mol. The van der Waals surface area contributed by atoms with E-state index < -0.39 is 0 Å². The lowest BCUT2D eigenvalue weighted by molar-refractivity contribution is 0.124. The molecular formula is C13H27N3. The van der Waals surface area contributed by atoms with Gasteiger partial charge >= 0.3 is 0 Å². The molecule has 0 aromatic carbocycles. The molecule has 0 radical (unpaired) electrons. The summed E-state index contributed by atoms with van der Waals surface area (Å²) in [5.74, 6) is 0. The van der Waals surface area contributed by atoms with Gasteiger partial charge in [0.15, 0.2) is 0 Å². The average molecular weight is 225 g/mol. The van der Waals surface area contributed by atoms with Gasteiger partial charge in [0.25, 0.3) is 0 Å². The van der Waals surface area contributed by atoms with Crippen molar-refractivity contribution in [3.8, 4) is 0 Å². The second-order valence-corrected chi connectivity index (χ2v) is 5.39. The second-order valence-electron chi connectivity index (χ2n) is 5.39. The Balaban J connectivity index is 1.77. The van der Waals surface area contributed by atoms with Gasteiger partial charge in [-0.2, -0.15) is 0 Å². The number of likely N-dealkylation sites (N-methyl/N-ethyl adjacent to an activating group) is 1. The zero-order valence-electron chi connectivity index (χ0n) is 10.7. The van der Waals surface area contributed by atoms with Gasteiger partial charge in [0, 0.05) is 12.6 Å². The van der Waals surface area contributed by atoms with Crippen molar-refractivity contribution in [1.82, 2.24) is 15.1 Å². The van der Waals surface area contributed by atoms with Crippen LogP contribution in [-0.2, 0) is 0 Å². The van der Waals surface area contributed by atoms with Gasteiger partial charge in [0.1, 0.15) is 0 Å². The SMILES string of the molecule is CN1CCCCC1CN1CCCNCCC1. The Morgan fingerprint density at radius 3 is 2.44 bits per heavy atom. The number of piperidine rings is 1. The Morgan fingerprint density at radius 2 is 1.75 bits per heavy atom. The fourth-order valence-corrected chi connectivity index (χ4v) is 2.95. The summed E-state index contributed by atoms with van der Waals surface area (Å²) in [6, 6.07) is 0.820. The van der Waals surface area contributed by atoms with Crippen molar-refractivity contribution in [3.05, 3.63) is 0 Å². The fourth-order valence-electron chi connectivity index (χ4n) is 2.95. The van der Waals surface area contributed by atoms with Crippen molar-refractivity contribution >= 4 is 0 Å². The third-order valence-electron chi connectivity index (χ3n) is 4.05. The fraction of sp³-hybridized carbons (Fsp3) is 1.00. The smallest absolute Gasteiger partial charge is 0.0220 e. The molecule has 0 aromatic heterocycles. The first-order valence-corrected chi connectivity index (χ1v) is 6.99. The predicted molar refractivity (Wildman–Crippen MR) is 68.8 cm³/mol. The number of hydrogen-bond acceptors (Lipinski definition) is 3. The first-order valence-electron chi connectivity index (χ1n) is 6.99. The van der Waals surface area contributed by atoms with E-state index in [1.807, 2.05) is 0 Å². The van der Waals surface area contributed by atoms with Crippen LogP contribution in [0.5, 0.6) is 0 Å². The van der Waals surface area contributed by atoms with Crippen LogP contribution in [0.3, 0.4) is 0 Å². The van der Waals surface area contributed by atoms with E-state index in [-0.39, 0.29) is 0 Å². The maximum Gasteiger partial charge on any atom is 0.0220 e. The number of nitrogens with zero attached hydrogens (tertiary/aromatic N) is 2. The van der Waals surface area contributed by atoms with Crippen molar-refractivity contribution in [2.24, 2.45) is 0 Å². The summed E-state index contributed by atoms with van der Waals surface area (Å²) in [5.41, 5.74) is 0. The van der Waals surface area contributed by atoms with Crippen LogP contribution in [0.1, 0.15) is 32.1 Å². The van der Waals surface area contributed by atoms with Crippen molar-refractivity contribution in [1.29, 1.82) is 0 Å². The molecule has 0 spiro atoms. The molecule has 0 saturated carbocycles. The Morgan fingerprint density at radius 1 is 1.00 bits per heavy atom. The average Bonchev–Trinajstić information content (AvgIpc) is 2.24. The summed E-state index contributed by atoms with van der Waals surface area (Å²) in [6.45, 7) is 7.60. The highest BCUT2D eigenvalue weighted by atomic mass is 15.2. The van der Waals surface area contributed by atoms with Crippen molar-refractivity contribution in [2.45, 2.75) is 38.1 Å². The third kappa shape index (κ3) is 3.72. The summed E-state index contributed by atoms with van der Waals surface area (Å²) in [7, 11) is 2.30. The molecule has 0 bridgehead atoms. The molecule has 1 atom stereocenters. The molecule has 0 aromatic rings. The van der Waals surface area contributed by atoms with Crippen LogP contribution >= 0.6 is 0 Å². The van der Waals surface area contributed by atoms with Crippen molar-refractivity contribution < 1.29 is 0 Å². The number of nitrogens with one attached hydrogen (secondary N) is 1. The summed E-state index contributed by atoms with van der Waals surface area (Å²) >= 11 is 0. The van der Waals surface area contributed by atoms with Gasteiger partial charge in [0.2, 0.25) is 0 Å². The van der Waals surface area contributed by atoms with E-state index in [0.29, 0.717) is 0 Å². The molecule has 94 valence electrons. The summed E-state index contributed by atoms with van der Waals surface area (Å²) in [6.07, 6.45) is 6.87. The lowest BCUT2D eigenvalue weighted by atomic mass is 10.0. The van der Waals surface area contributed by atoms with E-state index in [1.54, 1.807) is 0 Å². The molecule has 3 nitrogen and oxygen atoms in total. The summed E-state index contributed by atoms with van der Waals surface area (Å²) in [5, 5.41) is 3.48. The van der Waals surface area contributed by atoms with Gasteiger partial charge in [-0.15, -0.1) is 0 Å². The highest BCUT2D eigenvalue weighted by Crippen LogP contribution is 2.16. The van der Waals surface area contributed by atoms with Crippen molar-refractivity contribution in [2.75, 3.05) is 46.3 Å². The standard InChI is InChI=1S/C13H27N3/c1-15-9-3-2-6-13(15)12-16-10-4-7-14-8-5-11-16/h13-14H,2-12H2,1H3. The molecule has 2 aliphatic rings. The zero-order valence-corrected chi connectivity index (χ0v) is 10.7. The van der Waals surface area contributed by atoms with Crippen LogP contribution in [0, 0.1) is 0 Å². The van der Waals surface area contributed by atoms with Crippen LogP contribution in [-0.4, -0.2) is 62.2 Å². The van der Waals surface area contributed by atoms with E-state index in [1.165, 1.54) is 71.4 Å². The van der Waals surface area contributed by atoms with Crippen LogP contribution < -0.4 is 5.32 Å². The van der Waals surface area contributed by atoms with Gasteiger partial charge in [-0.25, -0.2) is 0 Å². The van der Waals surface area contributed by atoms with Gasteiger partial charge in [-0.3, -0.25) is 0 Å². The highest BCUT2D eigenvalue weighted by molar-refractivity contribution is 4.78. The van der Waals surface area contributed by atoms with E-state index in [0.717, 1.165) is 6.04 Å². The number of likely N-dealkylation sites (tertiary alicyclic amines) is 1. The molecule has 2 rings (SSSR count). The lowest BCUT2D eigenvalue weighted by Gasteiger charge is -2.37. The Hall–Kier alpha value is -0.120. The zero-order chi connectivity index (χ0) is 11.2. The van der Waals surface area contributed by atoms with Crippen LogP contribution in [0.2, 0.25) is 0 Å². The number of hydrogen-bond donors (Lipinski definition) is 1. The second kappa shape index (κ2) is 6.58. The van der Waals surface area contributed by atoms with E-state index in [9.17, 15) is 0 Å². The van der Waals surface area contributed by atoms with Gasteiger partial charge in [0.05, 0.1) is 0 Å². The molecule has 2 fully saturated rings. The van der Waals surface area contributed by atoms with Crippen LogP contribution in [0.25, 0.3) is 0 Å². The van der Waals surface area contributed by atoms with Crippen LogP contribution in [0.4, 0.5) is 0 Å². The van der Waals surface area contributed by atoms with Gasteiger partial charge < -0.3 is 15.1 Å². The monoisotopic (exact) mass is 225 g/mol. The van der Waals surface area contributed by atoms with E-state index in [2.05, 4.69) is 22.2 Å². The molecule has 0 amide bonds. The van der Waals surface area contributed by atoms with E-state index >= 15 is 0 Å². The molecule has 1 unspecified atom stereocenters. The molecule has 2 aliphatic heterocycles. The molecule has 3 heteroatoms. The lowest BCUT2D eigenvalue weighted by Crippen LogP contribution is -2.46. The Labute approximate surface area is 100 Å². The summed E-state index contributed by atoms with van der Waals surface area (Å²) < 4.78 is 0. The minimum absolute atomic E-state index is 0.820. The first kappa shape index (κ1) is 12.3. The minimum Gasteiger partial charge on any atom is -0.317 e. The topological polar surface area (TPSA) is 18.5 Å². The normalized spacial score (nSPS) is 30.9. The molecule has 2 saturated heterocycles. The Bertz CT molecular complexity index is 188. The molecule has 0 aliphatic carbocycles. The molecule has 16 heavy (non-hydrogen) atoms.